The number of aliphatic imine (C=N–C) groups is 1. The predicted octanol–water partition coefficient (Wildman–Crippen LogP) is 3.86. The zero-order valence-electron chi connectivity index (χ0n) is 16.1. The fourth-order valence-electron chi connectivity index (χ4n) is 3.22. The van der Waals surface area contributed by atoms with Gasteiger partial charge in [-0.3, -0.25) is 24.8 Å². The van der Waals surface area contributed by atoms with Gasteiger partial charge in [0.15, 0.2) is 6.17 Å². The molecule has 4 rings (SSSR count). The molecule has 1 aliphatic rings. The highest BCUT2D eigenvalue weighted by atomic mass is 35.5. The first-order valence-electron chi connectivity index (χ1n) is 9.04. The molecule has 2 N–H and O–H groups in total. The molecule has 0 aliphatic carbocycles. The predicted molar refractivity (Wildman–Crippen MR) is 115 cm³/mol. The van der Waals surface area contributed by atoms with E-state index in [1.807, 2.05) is 31.2 Å². The maximum Gasteiger partial charge on any atom is 0.269 e. The number of guanidine groups is 1. The van der Waals surface area contributed by atoms with Gasteiger partial charge in [-0.2, -0.15) is 0 Å². The zero-order valence-corrected chi connectivity index (χ0v) is 16.8. The van der Waals surface area contributed by atoms with Gasteiger partial charge in [-0.1, -0.05) is 23.7 Å². The van der Waals surface area contributed by atoms with Crippen molar-refractivity contribution < 1.29 is 4.92 Å². The van der Waals surface area contributed by atoms with Gasteiger partial charge in [-0.15, -0.1) is 0 Å². The van der Waals surface area contributed by atoms with Gasteiger partial charge in [0.05, 0.1) is 4.92 Å². The number of nitro groups is 1. The van der Waals surface area contributed by atoms with Gasteiger partial charge in [0.1, 0.15) is 0 Å². The van der Waals surface area contributed by atoms with Crippen LogP contribution in [0, 0.1) is 24.0 Å². The van der Waals surface area contributed by atoms with Gasteiger partial charge < -0.3 is 5.32 Å². The fourth-order valence-corrected chi connectivity index (χ4v) is 3.44. The second-order valence-electron chi connectivity index (χ2n) is 6.86. The highest BCUT2D eigenvalue weighted by Gasteiger charge is 2.28. The van der Waals surface area contributed by atoms with E-state index in [2.05, 4.69) is 20.6 Å². The Morgan fingerprint density at radius 3 is 2.73 bits per heavy atom. The molecule has 30 heavy (non-hydrogen) atoms. The average molecular weight is 425 g/mol. The first kappa shape index (κ1) is 19.6. The molecule has 1 aromatic heterocycles. The molecule has 0 radical (unpaired) electrons. The van der Waals surface area contributed by atoms with Crippen molar-refractivity contribution in [3.63, 3.8) is 0 Å². The summed E-state index contributed by atoms with van der Waals surface area (Å²) in [5, 5.41) is 17.7. The average Bonchev–Trinajstić information content (AvgIpc) is 2.67. The number of anilines is 2. The van der Waals surface area contributed by atoms with Crippen LogP contribution in [0.2, 0.25) is 5.02 Å². The van der Waals surface area contributed by atoms with Crippen LogP contribution in [0.15, 0.2) is 58.3 Å². The van der Waals surface area contributed by atoms with Gasteiger partial charge in [-0.05, 0) is 37.6 Å². The minimum absolute atomic E-state index is 0.147. The van der Waals surface area contributed by atoms with Crippen molar-refractivity contribution in [2.45, 2.75) is 20.0 Å². The summed E-state index contributed by atoms with van der Waals surface area (Å²) in [5.41, 5.74) is 2.19. The Hall–Kier alpha value is -3.72. The van der Waals surface area contributed by atoms with E-state index in [0.29, 0.717) is 17.2 Å². The van der Waals surface area contributed by atoms with E-state index in [1.165, 1.54) is 28.8 Å². The van der Waals surface area contributed by atoms with Crippen molar-refractivity contribution in [3.05, 3.63) is 90.8 Å². The SMILES string of the molecule is Cc1cccc(NC2=N[C@@H](c3cc([N+](=O)[O-])ccc3Cl)n3c(nc(C)cc3=O)N2)c1. The minimum atomic E-state index is -0.929. The van der Waals surface area contributed by atoms with Gasteiger partial charge in [0, 0.05) is 40.2 Å². The lowest BCUT2D eigenvalue weighted by molar-refractivity contribution is -0.384. The van der Waals surface area contributed by atoms with Crippen LogP contribution in [-0.4, -0.2) is 20.4 Å². The number of nitrogens with zero attached hydrogens (tertiary/aromatic N) is 4. The number of hydrogen-bond acceptors (Lipinski definition) is 7. The lowest BCUT2D eigenvalue weighted by Gasteiger charge is -2.27. The Kier molecular flexibility index (Phi) is 4.96. The number of nitro benzene ring substituents is 1. The number of halogens is 1. The molecular weight excluding hydrogens is 408 g/mol. The number of aryl methyl sites for hydroxylation is 2. The number of fused-ring (bicyclic) bond motifs is 1. The van der Waals surface area contributed by atoms with Crippen LogP contribution in [0.4, 0.5) is 17.3 Å². The monoisotopic (exact) mass is 424 g/mol. The Balaban J connectivity index is 1.86. The highest BCUT2D eigenvalue weighted by Crippen LogP contribution is 2.33. The maximum absolute atomic E-state index is 12.7. The fraction of sp³-hybridized carbons (Fsp3) is 0.150. The molecule has 2 aromatic carbocycles. The number of benzene rings is 2. The largest absolute Gasteiger partial charge is 0.326 e. The molecule has 2 heterocycles. The molecule has 3 aromatic rings. The van der Waals surface area contributed by atoms with Crippen LogP contribution in [0.1, 0.15) is 23.0 Å². The van der Waals surface area contributed by atoms with Crippen LogP contribution in [0.3, 0.4) is 0 Å². The van der Waals surface area contributed by atoms with E-state index in [-0.39, 0.29) is 22.2 Å². The van der Waals surface area contributed by atoms with E-state index >= 15 is 0 Å². The standard InChI is InChI=1S/C20H17ClN6O3/c1-11-4-3-5-13(8-11)23-19-24-18(15-10-14(27(29)30)6-7-16(15)21)26-17(28)9-12(2)22-20(26)25-19/h3-10,18H,1-2H3,(H2,22,23,24,25)/t18-/m1/s1. The van der Waals surface area contributed by atoms with E-state index in [9.17, 15) is 14.9 Å². The van der Waals surface area contributed by atoms with Crippen LogP contribution in [0.25, 0.3) is 0 Å². The Morgan fingerprint density at radius 2 is 2.00 bits per heavy atom. The van der Waals surface area contributed by atoms with Gasteiger partial charge in [-0.25, -0.2) is 9.98 Å². The third kappa shape index (κ3) is 3.74. The number of non-ortho nitro benzene ring substituents is 1. The molecule has 9 nitrogen and oxygen atoms in total. The lowest BCUT2D eigenvalue weighted by atomic mass is 10.1. The van der Waals surface area contributed by atoms with Crippen molar-refractivity contribution in [1.29, 1.82) is 0 Å². The Morgan fingerprint density at radius 1 is 1.20 bits per heavy atom. The summed E-state index contributed by atoms with van der Waals surface area (Å²) in [6, 6.07) is 13.1. The normalized spacial score (nSPS) is 15.0. The van der Waals surface area contributed by atoms with Crippen LogP contribution in [0.5, 0.6) is 0 Å². The third-order valence-electron chi connectivity index (χ3n) is 4.56. The van der Waals surface area contributed by atoms with Crippen molar-refractivity contribution in [2.75, 3.05) is 10.6 Å². The maximum atomic E-state index is 12.7. The number of hydrogen-bond donors (Lipinski definition) is 2. The van der Waals surface area contributed by atoms with E-state index < -0.39 is 11.1 Å². The molecule has 0 saturated carbocycles. The molecule has 0 amide bonds. The smallest absolute Gasteiger partial charge is 0.269 e. The summed E-state index contributed by atoms with van der Waals surface area (Å²) in [6.07, 6.45) is -0.929. The number of rotatable bonds is 3. The van der Waals surface area contributed by atoms with Crippen molar-refractivity contribution in [3.8, 4) is 0 Å². The second-order valence-corrected chi connectivity index (χ2v) is 7.27. The number of aromatic nitrogens is 2. The molecule has 1 aliphatic heterocycles. The lowest BCUT2D eigenvalue weighted by Crippen LogP contribution is -2.37. The molecule has 1 atom stereocenters. The van der Waals surface area contributed by atoms with E-state index in [4.69, 9.17) is 11.6 Å². The summed E-state index contributed by atoms with van der Waals surface area (Å²) in [5.74, 6) is 0.600. The summed E-state index contributed by atoms with van der Waals surface area (Å²) in [7, 11) is 0. The quantitative estimate of drug-likeness (QED) is 0.487. The van der Waals surface area contributed by atoms with Gasteiger partial charge in [0.25, 0.3) is 11.2 Å². The van der Waals surface area contributed by atoms with Gasteiger partial charge in [0.2, 0.25) is 11.9 Å². The van der Waals surface area contributed by atoms with Crippen molar-refractivity contribution >= 4 is 34.9 Å². The minimum Gasteiger partial charge on any atom is -0.326 e. The molecule has 0 saturated heterocycles. The van der Waals surface area contributed by atoms with Crippen LogP contribution < -0.4 is 16.2 Å². The summed E-state index contributed by atoms with van der Waals surface area (Å²) in [6.45, 7) is 3.67. The molecular formula is C20H17ClN6O3. The molecule has 0 bridgehead atoms. The summed E-state index contributed by atoms with van der Waals surface area (Å²) in [4.78, 5) is 32.4. The first-order chi connectivity index (χ1) is 14.3. The second kappa shape index (κ2) is 7.60. The van der Waals surface area contributed by atoms with Crippen LogP contribution >= 0.6 is 11.6 Å². The first-order valence-corrected chi connectivity index (χ1v) is 9.42. The van der Waals surface area contributed by atoms with Crippen molar-refractivity contribution in [2.24, 2.45) is 4.99 Å². The van der Waals surface area contributed by atoms with E-state index in [1.54, 1.807) is 6.92 Å². The van der Waals surface area contributed by atoms with Crippen molar-refractivity contribution in [1.82, 2.24) is 9.55 Å². The number of nitrogens with one attached hydrogen (secondary N) is 2. The summed E-state index contributed by atoms with van der Waals surface area (Å²) >= 11 is 6.34. The summed E-state index contributed by atoms with van der Waals surface area (Å²) < 4.78 is 1.32. The topological polar surface area (TPSA) is 114 Å². The van der Waals surface area contributed by atoms with Crippen LogP contribution in [-0.2, 0) is 0 Å². The third-order valence-corrected chi connectivity index (χ3v) is 4.90. The van der Waals surface area contributed by atoms with E-state index in [0.717, 1.165) is 11.3 Å². The van der Waals surface area contributed by atoms with Gasteiger partial charge >= 0.3 is 0 Å². The Labute approximate surface area is 176 Å². The molecule has 0 spiro atoms. The molecule has 0 fully saturated rings. The highest BCUT2D eigenvalue weighted by molar-refractivity contribution is 6.31. The molecule has 10 heteroatoms. The Bertz CT molecular complexity index is 1250. The molecule has 0 unspecified atom stereocenters. The molecule has 152 valence electrons. The zero-order chi connectivity index (χ0) is 21.4.